The number of carbonyl (C=O) groups is 2. The van der Waals surface area contributed by atoms with Gasteiger partial charge in [-0.25, -0.2) is 0 Å². The minimum Gasteiger partial charge on any atom is -0.346 e. The molecule has 1 N–H and O–H groups in total. The molecule has 0 aliphatic carbocycles. The fourth-order valence-corrected chi connectivity index (χ4v) is 5.27. The molecule has 0 bridgehead atoms. The molecule has 33 heavy (non-hydrogen) atoms. The van der Waals surface area contributed by atoms with Crippen LogP contribution in [0.2, 0.25) is 0 Å². The van der Waals surface area contributed by atoms with E-state index in [0.29, 0.717) is 17.7 Å². The molecule has 0 fully saturated rings. The van der Waals surface area contributed by atoms with Gasteiger partial charge < -0.3 is 10.2 Å². The Kier molecular flexibility index (Phi) is 5.65. The molecule has 0 unspecified atom stereocenters. The van der Waals surface area contributed by atoms with Gasteiger partial charge in [-0.15, -0.1) is 0 Å². The predicted octanol–water partition coefficient (Wildman–Crippen LogP) is 6.46. The summed E-state index contributed by atoms with van der Waals surface area (Å²) in [5.41, 5.74) is 3.05. The molecule has 1 aliphatic rings. The van der Waals surface area contributed by atoms with Crippen LogP contribution in [0.4, 0.5) is 5.69 Å². The van der Waals surface area contributed by atoms with Gasteiger partial charge in [0, 0.05) is 21.9 Å². The number of amides is 2. The summed E-state index contributed by atoms with van der Waals surface area (Å²) < 4.78 is 0. The molecule has 2 amide bonds. The van der Waals surface area contributed by atoms with Crippen LogP contribution in [-0.2, 0) is 0 Å². The zero-order chi connectivity index (χ0) is 22.9. The molecule has 4 nitrogen and oxygen atoms in total. The highest BCUT2D eigenvalue weighted by molar-refractivity contribution is 7.99. The zero-order valence-corrected chi connectivity index (χ0v) is 19.4. The second kappa shape index (κ2) is 8.75. The van der Waals surface area contributed by atoms with E-state index in [0.717, 1.165) is 26.4 Å². The van der Waals surface area contributed by atoms with Crippen molar-refractivity contribution in [1.29, 1.82) is 0 Å². The quantitative estimate of drug-likeness (QED) is 0.386. The normalized spacial score (nSPS) is 13.8. The number of rotatable bonds is 4. The average molecular weight is 453 g/mol. The highest BCUT2D eigenvalue weighted by atomic mass is 32.2. The molecule has 4 aromatic carbocycles. The second-order valence-electron chi connectivity index (χ2n) is 8.13. The van der Waals surface area contributed by atoms with E-state index in [1.807, 2.05) is 68.4 Å². The van der Waals surface area contributed by atoms with Crippen molar-refractivity contribution in [2.24, 2.45) is 0 Å². The molecule has 5 heteroatoms. The van der Waals surface area contributed by atoms with Crippen molar-refractivity contribution in [3.8, 4) is 0 Å². The van der Waals surface area contributed by atoms with Gasteiger partial charge in [-0.1, -0.05) is 60.3 Å². The maximum Gasteiger partial charge on any atom is 0.259 e. The molecular weight excluding hydrogens is 428 g/mol. The Morgan fingerprint density at radius 2 is 1.67 bits per heavy atom. The number of hydrogen-bond acceptors (Lipinski definition) is 3. The van der Waals surface area contributed by atoms with Crippen molar-refractivity contribution < 1.29 is 9.59 Å². The lowest BCUT2D eigenvalue weighted by Crippen LogP contribution is -2.31. The van der Waals surface area contributed by atoms with Gasteiger partial charge in [0.1, 0.15) is 0 Å². The third-order valence-electron chi connectivity index (χ3n) is 6.03. The smallest absolute Gasteiger partial charge is 0.259 e. The molecule has 1 atom stereocenters. The third-order valence-corrected chi connectivity index (χ3v) is 7.17. The summed E-state index contributed by atoms with van der Waals surface area (Å²) in [6.07, 6.45) is 0. The number of nitrogens with one attached hydrogen (secondary N) is 1. The SMILES string of the molecule is CCN1C(=O)c2ccccc2Sc2ccc(C(=O)N[C@H](C)c3ccc4ccccc4c3)cc21. The van der Waals surface area contributed by atoms with Gasteiger partial charge in [-0.3, -0.25) is 9.59 Å². The fourth-order valence-electron chi connectivity index (χ4n) is 4.22. The molecule has 0 aromatic heterocycles. The van der Waals surface area contributed by atoms with Crippen LogP contribution in [0.5, 0.6) is 0 Å². The monoisotopic (exact) mass is 452 g/mol. The minimum atomic E-state index is -0.159. The Bertz CT molecular complexity index is 1380. The van der Waals surface area contributed by atoms with E-state index in [-0.39, 0.29) is 17.9 Å². The Morgan fingerprint density at radius 1 is 0.909 bits per heavy atom. The highest BCUT2D eigenvalue weighted by Gasteiger charge is 2.27. The van der Waals surface area contributed by atoms with Crippen LogP contribution in [0.1, 0.15) is 46.2 Å². The van der Waals surface area contributed by atoms with Gasteiger partial charge in [-0.2, -0.15) is 0 Å². The first-order valence-electron chi connectivity index (χ1n) is 11.1. The van der Waals surface area contributed by atoms with Crippen LogP contribution >= 0.6 is 11.8 Å². The van der Waals surface area contributed by atoms with Crippen molar-refractivity contribution >= 4 is 40.0 Å². The lowest BCUT2D eigenvalue weighted by Gasteiger charge is -2.22. The second-order valence-corrected chi connectivity index (χ2v) is 9.22. The summed E-state index contributed by atoms with van der Waals surface area (Å²) in [7, 11) is 0. The third kappa shape index (κ3) is 4.00. The van der Waals surface area contributed by atoms with Gasteiger partial charge >= 0.3 is 0 Å². The largest absolute Gasteiger partial charge is 0.346 e. The molecule has 0 spiro atoms. The fraction of sp³-hybridized carbons (Fsp3) is 0.143. The molecule has 164 valence electrons. The molecule has 1 aliphatic heterocycles. The highest BCUT2D eigenvalue weighted by Crippen LogP contribution is 2.41. The summed E-state index contributed by atoms with van der Waals surface area (Å²) in [5, 5.41) is 5.43. The van der Waals surface area contributed by atoms with Crippen LogP contribution < -0.4 is 10.2 Å². The Hall–Kier alpha value is -3.57. The van der Waals surface area contributed by atoms with Crippen LogP contribution in [0, 0.1) is 0 Å². The van der Waals surface area contributed by atoms with Crippen LogP contribution in [0.3, 0.4) is 0 Å². The first-order valence-corrected chi connectivity index (χ1v) is 11.9. The van der Waals surface area contributed by atoms with E-state index < -0.39 is 0 Å². The predicted molar refractivity (Wildman–Crippen MR) is 134 cm³/mol. The Balaban J connectivity index is 1.43. The van der Waals surface area contributed by atoms with Crippen LogP contribution in [0.25, 0.3) is 10.8 Å². The number of fused-ring (bicyclic) bond motifs is 3. The maximum atomic E-state index is 13.2. The number of carbonyl (C=O) groups excluding carboxylic acids is 2. The minimum absolute atomic E-state index is 0.0403. The standard InChI is InChI=1S/C28H24N2O2S/c1-3-30-24-17-22(14-15-26(24)33-25-11-7-6-10-23(25)28(30)32)27(31)29-18(2)20-13-12-19-8-4-5-9-21(19)16-20/h4-18H,3H2,1-2H3,(H,29,31)/t18-/m1/s1. The molecule has 0 saturated heterocycles. The maximum absolute atomic E-state index is 13.2. The van der Waals surface area contributed by atoms with E-state index >= 15 is 0 Å². The summed E-state index contributed by atoms with van der Waals surface area (Å²) in [6.45, 7) is 4.47. The van der Waals surface area contributed by atoms with Gasteiger partial charge in [-0.05, 0) is 66.6 Å². The number of benzene rings is 4. The Labute approximate surface area is 197 Å². The first-order chi connectivity index (χ1) is 16.0. The summed E-state index contributed by atoms with van der Waals surface area (Å²) in [4.78, 5) is 30.0. The first kappa shape index (κ1) is 21.3. The van der Waals surface area contributed by atoms with Crippen molar-refractivity contribution in [2.45, 2.75) is 29.7 Å². The number of nitrogens with zero attached hydrogens (tertiary/aromatic N) is 1. The number of hydrogen-bond donors (Lipinski definition) is 1. The van der Waals surface area contributed by atoms with Gasteiger partial charge in [0.25, 0.3) is 11.8 Å². The van der Waals surface area contributed by atoms with E-state index in [9.17, 15) is 9.59 Å². The lowest BCUT2D eigenvalue weighted by molar-refractivity contribution is 0.0937. The van der Waals surface area contributed by atoms with Gasteiger partial charge in [0.15, 0.2) is 0 Å². The average Bonchev–Trinajstić information content (AvgIpc) is 2.96. The van der Waals surface area contributed by atoms with Gasteiger partial charge in [0.05, 0.1) is 17.3 Å². The van der Waals surface area contributed by atoms with E-state index in [1.54, 1.807) is 16.7 Å². The van der Waals surface area contributed by atoms with Crippen LogP contribution in [-0.4, -0.2) is 18.4 Å². The Morgan fingerprint density at radius 3 is 2.48 bits per heavy atom. The summed E-state index contributed by atoms with van der Waals surface area (Å²) >= 11 is 1.56. The lowest BCUT2D eigenvalue weighted by atomic mass is 10.0. The van der Waals surface area contributed by atoms with Crippen molar-refractivity contribution in [3.63, 3.8) is 0 Å². The van der Waals surface area contributed by atoms with E-state index in [2.05, 4.69) is 35.6 Å². The van der Waals surface area contributed by atoms with Crippen LogP contribution in [0.15, 0.2) is 94.7 Å². The van der Waals surface area contributed by atoms with E-state index in [1.165, 1.54) is 5.39 Å². The summed E-state index contributed by atoms with van der Waals surface area (Å²) in [6, 6.07) is 27.5. The topological polar surface area (TPSA) is 49.4 Å². The molecule has 0 radical (unpaired) electrons. The molecule has 5 rings (SSSR count). The van der Waals surface area contributed by atoms with E-state index in [4.69, 9.17) is 0 Å². The molecule has 0 saturated carbocycles. The van der Waals surface area contributed by atoms with Crippen molar-refractivity contribution in [3.05, 3.63) is 102 Å². The summed E-state index contributed by atoms with van der Waals surface area (Å²) in [5.74, 6) is -0.199. The molecular formula is C28H24N2O2S. The van der Waals surface area contributed by atoms with Crippen molar-refractivity contribution in [1.82, 2.24) is 5.32 Å². The molecule has 1 heterocycles. The van der Waals surface area contributed by atoms with Crippen molar-refractivity contribution in [2.75, 3.05) is 11.4 Å². The van der Waals surface area contributed by atoms with Gasteiger partial charge in [0.2, 0.25) is 0 Å². The molecule has 4 aromatic rings. The number of anilines is 1. The zero-order valence-electron chi connectivity index (χ0n) is 18.5.